The van der Waals surface area contributed by atoms with E-state index in [9.17, 15) is 5.11 Å². The van der Waals surface area contributed by atoms with E-state index in [4.69, 9.17) is 11.6 Å². The third-order valence-electron chi connectivity index (χ3n) is 2.43. The van der Waals surface area contributed by atoms with Crippen LogP contribution in [0.4, 0.5) is 0 Å². The van der Waals surface area contributed by atoms with Crippen molar-refractivity contribution in [1.29, 1.82) is 0 Å². The molecule has 2 rings (SSSR count). The molecule has 0 aromatic carbocycles. The van der Waals surface area contributed by atoms with E-state index in [1.807, 2.05) is 30.5 Å². The molecule has 0 aliphatic heterocycles. The quantitative estimate of drug-likeness (QED) is 0.809. The van der Waals surface area contributed by atoms with Gasteiger partial charge in [-0.25, -0.2) is 4.98 Å². The molecule has 2 aromatic heterocycles. The number of rotatable bonds is 1. The lowest BCUT2D eigenvalue weighted by molar-refractivity contribution is 0.192. The number of aromatic nitrogens is 2. The summed E-state index contributed by atoms with van der Waals surface area (Å²) in [5.74, 6) is 0. The average Bonchev–Trinajstić information content (AvgIpc) is 2.41. The fourth-order valence-electron chi connectivity index (χ4n) is 1.87. The molecule has 2 aromatic rings. The summed E-state index contributed by atoms with van der Waals surface area (Å²) >= 11 is 6.09. The van der Waals surface area contributed by atoms with Crippen molar-refractivity contribution < 1.29 is 5.11 Å². The minimum atomic E-state index is -0.544. The van der Waals surface area contributed by atoms with Crippen LogP contribution >= 0.6 is 11.6 Å². The van der Waals surface area contributed by atoms with Gasteiger partial charge in [-0.15, -0.1) is 0 Å². The molecule has 0 saturated heterocycles. The number of halogens is 1. The molecule has 1 atom stereocenters. The first-order valence-electron chi connectivity index (χ1n) is 4.83. The first-order chi connectivity index (χ1) is 7.00. The predicted octanol–water partition coefficient (Wildman–Crippen LogP) is 2.66. The Kier molecular flexibility index (Phi) is 2.44. The van der Waals surface area contributed by atoms with Crippen LogP contribution in [0, 0.1) is 13.8 Å². The second kappa shape index (κ2) is 3.51. The van der Waals surface area contributed by atoms with Gasteiger partial charge < -0.3 is 5.11 Å². The van der Waals surface area contributed by atoms with E-state index in [1.54, 1.807) is 6.92 Å². The Hall–Kier alpha value is -1.06. The summed E-state index contributed by atoms with van der Waals surface area (Å²) < 4.78 is 1.86. The summed E-state index contributed by atoms with van der Waals surface area (Å²) in [6, 6.07) is 1.87. The Bertz CT molecular complexity index is 517. The second-order valence-electron chi connectivity index (χ2n) is 3.82. The van der Waals surface area contributed by atoms with Crippen molar-refractivity contribution in [3.63, 3.8) is 0 Å². The van der Waals surface area contributed by atoms with Crippen LogP contribution in [0.15, 0.2) is 12.3 Å². The summed E-state index contributed by atoms with van der Waals surface area (Å²) in [5.41, 5.74) is 3.37. The summed E-state index contributed by atoms with van der Waals surface area (Å²) in [4.78, 5) is 4.35. The Labute approximate surface area is 93.3 Å². The van der Waals surface area contributed by atoms with Crippen molar-refractivity contribution in [3.05, 3.63) is 34.2 Å². The van der Waals surface area contributed by atoms with Crippen LogP contribution in [-0.4, -0.2) is 14.5 Å². The molecule has 2 heterocycles. The van der Waals surface area contributed by atoms with Crippen LogP contribution in [0.3, 0.4) is 0 Å². The average molecular weight is 225 g/mol. The first kappa shape index (κ1) is 10.5. The van der Waals surface area contributed by atoms with Gasteiger partial charge in [0.15, 0.2) is 5.65 Å². The highest BCUT2D eigenvalue weighted by Gasteiger charge is 2.15. The lowest BCUT2D eigenvalue weighted by Gasteiger charge is -2.06. The fraction of sp³-hybridized carbons (Fsp3) is 0.364. The van der Waals surface area contributed by atoms with Crippen LogP contribution in [0.5, 0.6) is 0 Å². The van der Waals surface area contributed by atoms with E-state index in [0.717, 1.165) is 17.0 Å². The zero-order valence-electron chi connectivity index (χ0n) is 8.95. The molecule has 0 fully saturated rings. The third-order valence-corrected chi connectivity index (χ3v) is 2.71. The number of fused-ring (bicyclic) bond motifs is 1. The maximum absolute atomic E-state index is 9.67. The smallest absolute Gasteiger partial charge is 0.156 e. The Morgan fingerprint density at radius 3 is 2.73 bits per heavy atom. The highest BCUT2D eigenvalue weighted by atomic mass is 35.5. The van der Waals surface area contributed by atoms with Gasteiger partial charge in [-0.2, -0.15) is 0 Å². The van der Waals surface area contributed by atoms with Crippen molar-refractivity contribution >= 4 is 17.2 Å². The number of nitrogens with zero attached hydrogens (tertiary/aromatic N) is 2. The van der Waals surface area contributed by atoms with Crippen LogP contribution in [0.25, 0.3) is 5.65 Å². The van der Waals surface area contributed by atoms with Crippen molar-refractivity contribution in [2.45, 2.75) is 26.9 Å². The number of pyridine rings is 1. The number of aliphatic hydroxyl groups excluding tert-OH is 1. The van der Waals surface area contributed by atoms with Crippen LogP contribution < -0.4 is 0 Å². The van der Waals surface area contributed by atoms with Gasteiger partial charge in [0.1, 0.15) is 0 Å². The van der Waals surface area contributed by atoms with E-state index in [0.29, 0.717) is 10.7 Å². The topological polar surface area (TPSA) is 37.5 Å². The molecule has 0 radical (unpaired) electrons. The lowest BCUT2D eigenvalue weighted by Crippen LogP contribution is -1.99. The molecule has 0 spiro atoms. The zero-order valence-corrected chi connectivity index (χ0v) is 9.71. The van der Waals surface area contributed by atoms with Gasteiger partial charge in [0.25, 0.3) is 0 Å². The number of aryl methyl sites for hydroxylation is 2. The second-order valence-corrected chi connectivity index (χ2v) is 4.22. The molecular weight excluding hydrogens is 212 g/mol. The minimum absolute atomic E-state index is 0.544. The molecule has 0 saturated carbocycles. The largest absolute Gasteiger partial charge is 0.387 e. The van der Waals surface area contributed by atoms with Gasteiger partial charge in [0, 0.05) is 6.20 Å². The van der Waals surface area contributed by atoms with Crippen molar-refractivity contribution in [1.82, 2.24) is 9.38 Å². The normalized spacial score (nSPS) is 13.4. The molecule has 80 valence electrons. The molecule has 4 heteroatoms. The summed E-state index contributed by atoms with van der Waals surface area (Å²) in [5, 5.41) is 10.3. The van der Waals surface area contributed by atoms with Crippen molar-refractivity contribution in [2.75, 3.05) is 0 Å². The summed E-state index contributed by atoms with van der Waals surface area (Å²) in [6.45, 7) is 5.57. The minimum Gasteiger partial charge on any atom is -0.387 e. The Balaban J connectivity index is 2.86. The predicted molar refractivity (Wildman–Crippen MR) is 60.3 cm³/mol. The molecule has 1 unspecified atom stereocenters. The van der Waals surface area contributed by atoms with Gasteiger partial charge in [-0.1, -0.05) is 11.6 Å². The Morgan fingerprint density at radius 2 is 2.13 bits per heavy atom. The number of aliphatic hydroxyl groups is 1. The zero-order chi connectivity index (χ0) is 11.2. The molecule has 3 nitrogen and oxygen atoms in total. The van der Waals surface area contributed by atoms with Crippen molar-refractivity contribution in [2.24, 2.45) is 0 Å². The molecule has 0 bridgehead atoms. The van der Waals surface area contributed by atoms with E-state index >= 15 is 0 Å². The first-order valence-corrected chi connectivity index (χ1v) is 5.21. The Morgan fingerprint density at radius 1 is 1.47 bits per heavy atom. The van der Waals surface area contributed by atoms with Gasteiger partial charge in [-0.05, 0) is 32.4 Å². The number of imidazole rings is 1. The molecule has 0 aliphatic rings. The van der Waals surface area contributed by atoms with Crippen LogP contribution in [-0.2, 0) is 0 Å². The third kappa shape index (κ3) is 1.62. The lowest BCUT2D eigenvalue weighted by atomic mass is 10.2. The molecule has 1 N–H and O–H groups in total. The molecule has 0 amide bonds. The molecule has 0 aliphatic carbocycles. The monoisotopic (exact) mass is 224 g/mol. The summed E-state index contributed by atoms with van der Waals surface area (Å²) in [6.07, 6.45) is 1.39. The van der Waals surface area contributed by atoms with Crippen LogP contribution in [0.1, 0.15) is 30.0 Å². The highest BCUT2D eigenvalue weighted by molar-refractivity contribution is 6.33. The van der Waals surface area contributed by atoms with Gasteiger partial charge in [0.2, 0.25) is 0 Å². The highest BCUT2D eigenvalue weighted by Crippen LogP contribution is 2.24. The maximum atomic E-state index is 9.67. The van der Waals surface area contributed by atoms with Gasteiger partial charge in [0.05, 0.1) is 22.5 Å². The molecule has 15 heavy (non-hydrogen) atoms. The maximum Gasteiger partial charge on any atom is 0.156 e. The molecular formula is C11H13ClN2O. The fourth-order valence-corrected chi connectivity index (χ4v) is 2.17. The van der Waals surface area contributed by atoms with Crippen molar-refractivity contribution in [3.8, 4) is 0 Å². The van der Waals surface area contributed by atoms with Crippen LogP contribution in [0.2, 0.25) is 5.02 Å². The van der Waals surface area contributed by atoms with E-state index in [1.165, 1.54) is 0 Å². The SMILES string of the molecule is Cc1cc(Cl)c2nc(C)c(C(C)O)n2c1. The van der Waals surface area contributed by atoms with Gasteiger partial charge >= 0.3 is 0 Å². The van der Waals surface area contributed by atoms with E-state index in [-0.39, 0.29) is 0 Å². The summed E-state index contributed by atoms with van der Waals surface area (Å²) in [7, 11) is 0. The van der Waals surface area contributed by atoms with E-state index < -0.39 is 6.10 Å². The van der Waals surface area contributed by atoms with E-state index in [2.05, 4.69) is 4.98 Å². The number of hydrogen-bond acceptors (Lipinski definition) is 2. The standard InChI is InChI=1S/C11H13ClN2O/c1-6-4-9(12)11-13-7(2)10(8(3)15)14(11)5-6/h4-5,8,15H,1-3H3. The van der Waals surface area contributed by atoms with Gasteiger partial charge in [-0.3, -0.25) is 4.40 Å². The number of hydrogen-bond donors (Lipinski definition) is 1.